The van der Waals surface area contributed by atoms with E-state index in [0.29, 0.717) is 10.1 Å². The van der Waals surface area contributed by atoms with E-state index in [4.69, 9.17) is 11.6 Å². The summed E-state index contributed by atoms with van der Waals surface area (Å²) in [5.41, 5.74) is 0.501. The minimum atomic E-state index is -0.584. The molecule has 0 radical (unpaired) electrons. The highest BCUT2D eigenvalue weighted by Crippen LogP contribution is 2.18. The SMILES string of the molecule is Fc1cn2ncc(Br)c2nc1Cl. The molecule has 0 spiro atoms. The average Bonchev–Trinajstić information content (AvgIpc) is 2.35. The summed E-state index contributed by atoms with van der Waals surface area (Å²) in [6.07, 6.45) is 2.70. The van der Waals surface area contributed by atoms with Gasteiger partial charge in [-0.05, 0) is 15.9 Å². The van der Waals surface area contributed by atoms with Gasteiger partial charge in [-0.2, -0.15) is 5.10 Å². The number of rotatable bonds is 0. The zero-order valence-corrected chi connectivity index (χ0v) is 7.97. The smallest absolute Gasteiger partial charge is 0.178 e. The Bertz CT molecular complexity index is 442. The van der Waals surface area contributed by atoms with Crippen molar-refractivity contribution < 1.29 is 4.39 Å². The molecule has 2 aromatic rings. The summed E-state index contributed by atoms with van der Waals surface area (Å²) in [5.74, 6) is -0.584. The molecule has 3 nitrogen and oxygen atoms in total. The Balaban J connectivity index is 2.87. The molecule has 0 aliphatic heterocycles. The molecule has 0 unspecified atom stereocenters. The lowest BCUT2D eigenvalue weighted by Gasteiger charge is -1.94. The number of halogens is 3. The molecule has 2 aromatic heterocycles. The van der Waals surface area contributed by atoms with Crippen molar-refractivity contribution >= 4 is 33.2 Å². The zero-order chi connectivity index (χ0) is 8.72. The number of nitrogens with zero attached hydrogens (tertiary/aromatic N) is 3. The first-order chi connectivity index (χ1) is 5.68. The van der Waals surface area contributed by atoms with E-state index in [9.17, 15) is 4.39 Å². The minimum absolute atomic E-state index is 0.149. The van der Waals surface area contributed by atoms with E-state index >= 15 is 0 Å². The summed E-state index contributed by atoms with van der Waals surface area (Å²) in [6, 6.07) is 0. The van der Waals surface area contributed by atoms with Gasteiger partial charge >= 0.3 is 0 Å². The molecule has 12 heavy (non-hydrogen) atoms. The van der Waals surface area contributed by atoms with Crippen LogP contribution in [-0.2, 0) is 0 Å². The maximum absolute atomic E-state index is 12.8. The van der Waals surface area contributed by atoms with Crippen LogP contribution < -0.4 is 0 Å². The normalized spacial score (nSPS) is 10.9. The second kappa shape index (κ2) is 2.67. The Kier molecular flexibility index (Phi) is 1.77. The highest BCUT2D eigenvalue weighted by atomic mass is 79.9. The largest absolute Gasteiger partial charge is 0.218 e. The first-order valence-corrected chi connectivity index (χ1v) is 4.20. The van der Waals surface area contributed by atoms with Crippen LogP contribution in [0, 0.1) is 5.82 Å². The van der Waals surface area contributed by atoms with Gasteiger partial charge < -0.3 is 0 Å². The lowest BCUT2D eigenvalue weighted by molar-refractivity contribution is 0.607. The molecule has 62 valence electrons. The van der Waals surface area contributed by atoms with Crippen LogP contribution in [0.15, 0.2) is 16.9 Å². The van der Waals surface area contributed by atoms with E-state index in [-0.39, 0.29) is 5.15 Å². The predicted octanol–water partition coefficient (Wildman–Crippen LogP) is 2.28. The van der Waals surface area contributed by atoms with Crippen molar-refractivity contribution in [2.45, 2.75) is 0 Å². The molecular weight excluding hydrogens is 248 g/mol. The summed E-state index contributed by atoms with van der Waals surface area (Å²) < 4.78 is 14.8. The van der Waals surface area contributed by atoms with Gasteiger partial charge in [0.2, 0.25) is 0 Å². The van der Waals surface area contributed by atoms with Crippen molar-refractivity contribution in [2.75, 3.05) is 0 Å². The van der Waals surface area contributed by atoms with Crippen LogP contribution in [0.1, 0.15) is 0 Å². The molecule has 0 bridgehead atoms. The molecule has 0 fully saturated rings. The molecule has 0 saturated heterocycles. The number of hydrogen-bond donors (Lipinski definition) is 0. The van der Waals surface area contributed by atoms with Crippen LogP contribution in [0.2, 0.25) is 5.15 Å². The van der Waals surface area contributed by atoms with Crippen LogP contribution >= 0.6 is 27.5 Å². The molecule has 0 aliphatic rings. The van der Waals surface area contributed by atoms with Gasteiger partial charge in [-0.3, -0.25) is 0 Å². The number of aromatic nitrogens is 3. The fourth-order valence-corrected chi connectivity index (χ4v) is 1.33. The van der Waals surface area contributed by atoms with E-state index in [2.05, 4.69) is 26.0 Å². The third-order valence-electron chi connectivity index (χ3n) is 1.36. The van der Waals surface area contributed by atoms with Crippen molar-refractivity contribution in [2.24, 2.45) is 0 Å². The summed E-state index contributed by atoms with van der Waals surface area (Å²) in [6.45, 7) is 0. The predicted molar refractivity (Wildman–Crippen MR) is 45.7 cm³/mol. The summed E-state index contributed by atoms with van der Waals surface area (Å²) >= 11 is 8.67. The summed E-state index contributed by atoms with van der Waals surface area (Å²) in [7, 11) is 0. The maximum atomic E-state index is 12.8. The van der Waals surface area contributed by atoms with E-state index in [1.165, 1.54) is 16.9 Å². The molecule has 0 amide bonds. The van der Waals surface area contributed by atoms with Gasteiger partial charge in [0.05, 0.1) is 16.9 Å². The van der Waals surface area contributed by atoms with Crippen molar-refractivity contribution in [3.63, 3.8) is 0 Å². The Morgan fingerprint density at radius 3 is 3.08 bits per heavy atom. The molecular formula is C6H2BrClFN3. The minimum Gasteiger partial charge on any atom is -0.218 e. The van der Waals surface area contributed by atoms with Crippen LogP contribution in [0.3, 0.4) is 0 Å². The van der Waals surface area contributed by atoms with Gasteiger partial charge in [-0.15, -0.1) is 0 Å². The Morgan fingerprint density at radius 2 is 2.33 bits per heavy atom. The summed E-state index contributed by atoms with van der Waals surface area (Å²) in [4.78, 5) is 3.78. The monoisotopic (exact) mass is 249 g/mol. The molecule has 2 rings (SSSR count). The van der Waals surface area contributed by atoms with Gasteiger partial charge in [-0.1, -0.05) is 11.6 Å². The van der Waals surface area contributed by atoms with Crippen LogP contribution in [-0.4, -0.2) is 14.6 Å². The molecule has 2 heterocycles. The van der Waals surface area contributed by atoms with Gasteiger partial charge in [0.25, 0.3) is 0 Å². The van der Waals surface area contributed by atoms with Crippen molar-refractivity contribution in [3.05, 3.63) is 27.8 Å². The molecule has 0 N–H and O–H groups in total. The lowest BCUT2D eigenvalue weighted by atomic mass is 10.6. The Labute approximate surface area is 80.3 Å². The average molecular weight is 250 g/mol. The third kappa shape index (κ3) is 1.09. The van der Waals surface area contributed by atoms with Crippen LogP contribution in [0.25, 0.3) is 5.65 Å². The molecule has 0 saturated carbocycles. The van der Waals surface area contributed by atoms with Crippen molar-refractivity contribution in [1.82, 2.24) is 14.6 Å². The van der Waals surface area contributed by atoms with Crippen LogP contribution in [0.5, 0.6) is 0 Å². The first-order valence-electron chi connectivity index (χ1n) is 3.03. The van der Waals surface area contributed by atoms with Crippen molar-refractivity contribution in [3.8, 4) is 0 Å². The van der Waals surface area contributed by atoms with E-state index in [0.717, 1.165) is 0 Å². The fourth-order valence-electron chi connectivity index (χ4n) is 0.841. The lowest BCUT2D eigenvalue weighted by Crippen LogP contribution is -1.93. The Morgan fingerprint density at radius 1 is 1.58 bits per heavy atom. The maximum Gasteiger partial charge on any atom is 0.178 e. The highest BCUT2D eigenvalue weighted by molar-refractivity contribution is 9.10. The second-order valence-corrected chi connectivity index (χ2v) is 3.35. The standard InChI is InChI=1S/C6H2BrClFN3/c7-3-1-10-12-2-4(9)5(8)11-6(3)12/h1-2H. The summed E-state index contributed by atoms with van der Waals surface area (Å²) in [5, 5.41) is 3.68. The third-order valence-corrected chi connectivity index (χ3v) is 2.19. The van der Waals surface area contributed by atoms with E-state index < -0.39 is 5.82 Å². The van der Waals surface area contributed by atoms with Gasteiger partial charge in [0.1, 0.15) is 0 Å². The number of hydrogen-bond acceptors (Lipinski definition) is 2. The molecule has 0 aliphatic carbocycles. The van der Waals surface area contributed by atoms with Gasteiger partial charge in [0, 0.05) is 0 Å². The molecule has 0 aromatic carbocycles. The van der Waals surface area contributed by atoms with Crippen molar-refractivity contribution in [1.29, 1.82) is 0 Å². The number of fused-ring (bicyclic) bond motifs is 1. The second-order valence-electron chi connectivity index (χ2n) is 2.14. The first kappa shape index (κ1) is 7.94. The fraction of sp³-hybridized carbons (Fsp3) is 0. The van der Waals surface area contributed by atoms with Gasteiger partial charge in [0.15, 0.2) is 16.6 Å². The molecule has 0 atom stereocenters. The highest BCUT2D eigenvalue weighted by Gasteiger charge is 2.07. The molecule has 6 heteroatoms. The quantitative estimate of drug-likeness (QED) is 0.672. The van der Waals surface area contributed by atoms with Gasteiger partial charge in [-0.25, -0.2) is 13.9 Å². The topological polar surface area (TPSA) is 30.2 Å². The Hall–Kier alpha value is -0.680. The van der Waals surface area contributed by atoms with Crippen LogP contribution in [0.4, 0.5) is 4.39 Å². The zero-order valence-electron chi connectivity index (χ0n) is 5.63. The van der Waals surface area contributed by atoms with E-state index in [1.807, 2.05) is 0 Å². The van der Waals surface area contributed by atoms with E-state index in [1.54, 1.807) is 0 Å².